The number of anilines is 1. The molecule has 1 aromatic rings. The van der Waals surface area contributed by atoms with Crippen LogP contribution in [0.15, 0.2) is 12.3 Å². The number of methoxy groups -OCH3 is 1. The van der Waals surface area contributed by atoms with Crippen molar-refractivity contribution in [3.63, 3.8) is 0 Å². The van der Waals surface area contributed by atoms with Crippen molar-refractivity contribution in [2.75, 3.05) is 31.7 Å². The molecule has 2 heterocycles. The number of hydrogen-bond acceptors (Lipinski definition) is 4. The summed E-state index contributed by atoms with van der Waals surface area (Å²) < 4.78 is 5.03. The van der Waals surface area contributed by atoms with Crippen molar-refractivity contribution < 1.29 is 4.74 Å². The van der Waals surface area contributed by atoms with Crippen LogP contribution in [0, 0.1) is 12.8 Å². The summed E-state index contributed by atoms with van der Waals surface area (Å²) in [5.41, 5.74) is 2.57. The zero-order valence-corrected chi connectivity index (χ0v) is 12.6. The molecule has 2 unspecified atom stereocenters. The topological polar surface area (TPSA) is 37.4 Å². The van der Waals surface area contributed by atoms with Gasteiger partial charge in [0.15, 0.2) is 0 Å². The Labute approximate surface area is 121 Å². The quantitative estimate of drug-likeness (QED) is 0.807. The van der Waals surface area contributed by atoms with E-state index in [-0.39, 0.29) is 0 Å². The smallest absolute Gasteiger partial charge is 0.131 e. The zero-order chi connectivity index (χ0) is 13.9. The molecule has 1 aliphatic carbocycles. The van der Waals surface area contributed by atoms with Crippen molar-refractivity contribution in [1.82, 2.24) is 10.3 Å². The molecule has 2 bridgehead atoms. The Bertz CT molecular complexity index is 463. The van der Waals surface area contributed by atoms with Gasteiger partial charge in [-0.25, -0.2) is 4.98 Å². The van der Waals surface area contributed by atoms with E-state index in [2.05, 4.69) is 23.2 Å². The fourth-order valence-electron chi connectivity index (χ4n) is 3.61. The first-order valence-corrected chi connectivity index (χ1v) is 7.69. The Morgan fingerprint density at radius 1 is 1.45 bits per heavy atom. The summed E-state index contributed by atoms with van der Waals surface area (Å²) in [6.07, 6.45) is 6.17. The highest BCUT2D eigenvalue weighted by molar-refractivity contribution is 5.50. The summed E-state index contributed by atoms with van der Waals surface area (Å²) in [5.74, 6) is 2.12. The molecule has 110 valence electrons. The van der Waals surface area contributed by atoms with Gasteiger partial charge in [0.1, 0.15) is 5.82 Å². The van der Waals surface area contributed by atoms with E-state index < -0.39 is 0 Å². The molecule has 1 aromatic heterocycles. The molecule has 1 aliphatic heterocycles. The molecular weight excluding hydrogens is 250 g/mol. The minimum Gasteiger partial charge on any atom is -0.383 e. The standard InChI is InChI=1S/C16H25N3O/c1-12-7-14(9-17-5-6-20-2)10-18-16(12)19-11-13-3-4-15(19)8-13/h7,10,13,15,17H,3-6,8-9,11H2,1-2H3. The lowest BCUT2D eigenvalue weighted by atomic mass is 10.1. The second kappa shape index (κ2) is 6.10. The third kappa shape index (κ3) is 2.81. The second-order valence-corrected chi connectivity index (χ2v) is 6.14. The minimum absolute atomic E-state index is 0.747. The van der Waals surface area contributed by atoms with Crippen molar-refractivity contribution in [1.29, 1.82) is 0 Å². The van der Waals surface area contributed by atoms with Crippen LogP contribution in [-0.2, 0) is 11.3 Å². The first kappa shape index (κ1) is 13.8. The molecule has 0 radical (unpaired) electrons. The van der Waals surface area contributed by atoms with E-state index in [4.69, 9.17) is 9.72 Å². The number of hydrogen-bond donors (Lipinski definition) is 1. The van der Waals surface area contributed by atoms with Crippen LogP contribution in [0.3, 0.4) is 0 Å². The molecule has 3 rings (SSSR count). The number of aromatic nitrogens is 1. The molecule has 1 saturated heterocycles. The molecule has 0 aromatic carbocycles. The fourth-order valence-corrected chi connectivity index (χ4v) is 3.61. The average molecular weight is 275 g/mol. The van der Waals surface area contributed by atoms with Crippen molar-refractivity contribution in [3.05, 3.63) is 23.4 Å². The summed E-state index contributed by atoms with van der Waals surface area (Å²) in [6.45, 7) is 5.90. The Morgan fingerprint density at radius 2 is 2.35 bits per heavy atom. The molecule has 2 aliphatic rings. The van der Waals surface area contributed by atoms with Gasteiger partial charge in [-0.1, -0.05) is 0 Å². The third-order valence-electron chi connectivity index (χ3n) is 4.60. The first-order chi connectivity index (χ1) is 9.78. The number of aryl methyl sites for hydroxylation is 1. The van der Waals surface area contributed by atoms with Crippen LogP contribution in [-0.4, -0.2) is 37.8 Å². The van der Waals surface area contributed by atoms with Gasteiger partial charge >= 0.3 is 0 Å². The van der Waals surface area contributed by atoms with Crippen molar-refractivity contribution in [3.8, 4) is 0 Å². The number of piperidine rings is 1. The van der Waals surface area contributed by atoms with Gasteiger partial charge in [-0.15, -0.1) is 0 Å². The van der Waals surface area contributed by atoms with Crippen molar-refractivity contribution >= 4 is 5.82 Å². The normalized spacial score (nSPS) is 24.6. The van der Waals surface area contributed by atoms with Crippen LogP contribution < -0.4 is 10.2 Å². The van der Waals surface area contributed by atoms with Crippen LogP contribution in [0.1, 0.15) is 30.4 Å². The monoisotopic (exact) mass is 275 g/mol. The van der Waals surface area contributed by atoms with Crippen molar-refractivity contribution in [2.24, 2.45) is 5.92 Å². The summed E-state index contributed by atoms with van der Waals surface area (Å²) in [7, 11) is 1.73. The summed E-state index contributed by atoms with van der Waals surface area (Å²) in [5, 5.41) is 3.37. The van der Waals surface area contributed by atoms with Gasteiger partial charge in [0.2, 0.25) is 0 Å². The van der Waals surface area contributed by atoms with Crippen LogP contribution in [0.25, 0.3) is 0 Å². The molecular formula is C16H25N3O. The predicted molar refractivity (Wildman–Crippen MR) is 81.0 cm³/mol. The Balaban J connectivity index is 1.62. The molecule has 0 amide bonds. The van der Waals surface area contributed by atoms with Crippen LogP contribution in [0.5, 0.6) is 0 Å². The van der Waals surface area contributed by atoms with Gasteiger partial charge in [0.05, 0.1) is 6.61 Å². The highest BCUT2D eigenvalue weighted by Crippen LogP contribution is 2.40. The number of pyridine rings is 1. The van der Waals surface area contributed by atoms with Crippen LogP contribution in [0.4, 0.5) is 5.82 Å². The SMILES string of the molecule is COCCNCc1cnc(N2CC3CCC2C3)c(C)c1. The van der Waals surface area contributed by atoms with E-state index in [1.807, 2.05) is 6.20 Å². The van der Waals surface area contributed by atoms with E-state index >= 15 is 0 Å². The maximum Gasteiger partial charge on any atom is 0.131 e. The predicted octanol–water partition coefficient (Wildman–Crippen LogP) is 2.11. The Morgan fingerprint density at radius 3 is 3.00 bits per heavy atom. The molecule has 2 atom stereocenters. The maximum absolute atomic E-state index is 5.03. The van der Waals surface area contributed by atoms with Crippen LogP contribution in [0.2, 0.25) is 0 Å². The van der Waals surface area contributed by atoms with E-state index in [0.29, 0.717) is 0 Å². The van der Waals surface area contributed by atoms with Gasteiger partial charge in [0, 0.05) is 39.0 Å². The van der Waals surface area contributed by atoms with Gasteiger partial charge in [-0.3, -0.25) is 0 Å². The van der Waals surface area contributed by atoms with Gasteiger partial charge in [-0.2, -0.15) is 0 Å². The van der Waals surface area contributed by atoms with Gasteiger partial charge in [-0.05, 0) is 49.3 Å². The maximum atomic E-state index is 5.03. The van der Waals surface area contributed by atoms with Gasteiger partial charge in [0.25, 0.3) is 0 Å². The highest BCUT2D eigenvalue weighted by atomic mass is 16.5. The van der Waals surface area contributed by atoms with Crippen molar-refractivity contribution in [2.45, 2.75) is 38.8 Å². The Kier molecular flexibility index (Phi) is 4.22. The fraction of sp³-hybridized carbons (Fsp3) is 0.688. The van der Waals surface area contributed by atoms with E-state index in [0.717, 1.165) is 31.7 Å². The van der Waals surface area contributed by atoms with E-state index in [9.17, 15) is 0 Å². The molecule has 0 spiro atoms. The van der Waals surface area contributed by atoms with Gasteiger partial charge < -0.3 is 15.0 Å². The minimum atomic E-state index is 0.747. The molecule has 4 nitrogen and oxygen atoms in total. The van der Waals surface area contributed by atoms with E-state index in [1.54, 1.807) is 7.11 Å². The summed E-state index contributed by atoms with van der Waals surface area (Å²) in [6, 6.07) is 3.02. The number of nitrogens with zero attached hydrogens (tertiary/aromatic N) is 2. The molecule has 4 heteroatoms. The average Bonchev–Trinajstić information content (AvgIpc) is 3.06. The Hall–Kier alpha value is -1.13. The zero-order valence-electron chi connectivity index (χ0n) is 12.6. The molecule has 20 heavy (non-hydrogen) atoms. The molecule has 2 fully saturated rings. The summed E-state index contributed by atoms with van der Waals surface area (Å²) >= 11 is 0. The highest BCUT2D eigenvalue weighted by Gasteiger charge is 2.38. The van der Waals surface area contributed by atoms with E-state index in [1.165, 1.54) is 42.8 Å². The summed E-state index contributed by atoms with van der Waals surface area (Å²) in [4.78, 5) is 7.27. The number of fused-ring (bicyclic) bond motifs is 2. The number of rotatable bonds is 6. The second-order valence-electron chi connectivity index (χ2n) is 6.14. The lowest BCUT2D eigenvalue weighted by molar-refractivity contribution is 0.199. The number of ether oxygens (including phenoxy) is 1. The lowest BCUT2D eigenvalue weighted by Gasteiger charge is -2.29. The first-order valence-electron chi connectivity index (χ1n) is 7.69. The third-order valence-corrected chi connectivity index (χ3v) is 4.60. The lowest BCUT2D eigenvalue weighted by Crippen LogP contribution is -2.33. The molecule has 1 saturated carbocycles. The largest absolute Gasteiger partial charge is 0.383 e. The number of nitrogens with one attached hydrogen (secondary N) is 1. The van der Waals surface area contributed by atoms with Crippen LogP contribution >= 0.6 is 0 Å². The molecule has 1 N–H and O–H groups in total.